The van der Waals surface area contributed by atoms with E-state index in [2.05, 4.69) is 14.9 Å². The van der Waals surface area contributed by atoms with Gasteiger partial charge in [0.05, 0.1) is 6.42 Å². The number of aliphatic imine (C=N–C) groups is 2. The van der Waals surface area contributed by atoms with Crippen LogP contribution >= 0.6 is 24.8 Å². The first kappa shape index (κ1) is 16.1. The Kier molecular flexibility index (Phi) is 6.44. The van der Waals surface area contributed by atoms with E-state index in [0.29, 0.717) is 0 Å². The minimum Gasteiger partial charge on any atom is -0.368 e. The highest BCUT2D eigenvalue weighted by Crippen LogP contribution is 2.12. The molecule has 0 atom stereocenters. The molecule has 1 saturated heterocycles. The number of likely N-dealkylation sites (tertiary alicyclic amines) is 1. The number of hydrogen-bond acceptors (Lipinski definition) is 5. The Labute approximate surface area is 112 Å². The fourth-order valence-corrected chi connectivity index (χ4v) is 1.84. The summed E-state index contributed by atoms with van der Waals surface area (Å²) in [5, 5.41) is 0. The van der Waals surface area contributed by atoms with Crippen LogP contribution in [0.4, 0.5) is 0 Å². The van der Waals surface area contributed by atoms with E-state index in [4.69, 9.17) is 11.5 Å². The zero-order chi connectivity index (χ0) is 10.8. The number of amides is 1. The van der Waals surface area contributed by atoms with Crippen molar-refractivity contribution in [3.63, 3.8) is 0 Å². The average molecular weight is 282 g/mol. The fourth-order valence-electron chi connectivity index (χ4n) is 1.84. The van der Waals surface area contributed by atoms with Crippen LogP contribution in [0.25, 0.3) is 0 Å². The number of carbonyl (C=O) groups is 1. The van der Waals surface area contributed by atoms with E-state index in [1.807, 2.05) is 0 Å². The van der Waals surface area contributed by atoms with Gasteiger partial charge in [-0.05, 0) is 12.8 Å². The lowest BCUT2D eigenvalue weighted by Gasteiger charge is -2.32. The summed E-state index contributed by atoms with van der Waals surface area (Å²) in [6.07, 6.45) is 2.13. The molecule has 2 heterocycles. The van der Waals surface area contributed by atoms with Gasteiger partial charge in [-0.25, -0.2) is 0 Å². The molecular weight excluding hydrogens is 265 g/mol. The van der Waals surface area contributed by atoms with Gasteiger partial charge in [-0.15, -0.1) is 24.8 Å². The van der Waals surface area contributed by atoms with Gasteiger partial charge >= 0.3 is 0 Å². The van der Waals surface area contributed by atoms with E-state index in [1.165, 1.54) is 0 Å². The van der Waals surface area contributed by atoms with Crippen LogP contribution in [-0.4, -0.2) is 41.7 Å². The van der Waals surface area contributed by atoms with Gasteiger partial charge in [0.15, 0.2) is 0 Å². The Morgan fingerprint density at radius 3 is 2.29 bits per heavy atom. The molecule has 17 heavy (non-hydrogen) atoms. The molecule has 2 aliphatic heterocycles. The number of nitrogens with two attached hydrogens (primary N) is 2. The van der Waals surface area contributed by atoms with Gasteiger partial charge in [0.2, 0.25) is 5.96 Å². The first-order valence-corrected chi connectivity index (χ1v) is 5.10. The number of carbonyl (C=O) groups excluding carboxylic acids is 1. The zero-order valence-electron chi connectivity index (χ0n) is 9.33. The predicted octanol–water partition coefficient (Wildman–Crippen LogP) is -0.103. The minimum atomic E-state index is -0.215. The van der Waals surface area contributed by atoms with E-state index in [1.54, 1.807) is 0 Å². The average Bonchev–Trinajstić information content (AvgIpc) is 2.17. The SMILES string of the molecule is Cl.Cl.NC1=NC(=O)CC(N2CCC(N)CC2)=N1. The summed E-state index contributed by atoms with van der Waals surface area (Å²) in [5.74, 6) is 0.586. The first-order chi connectivity index (χ1) is 7.15. The number of piperidine rings is 1. The maximum atomic E-state index is 11.2. The van der Waals surface area contributed by atoms with Crippen LogP contribution in [0.3, 0.4) is 0 Å². The summed E-state index contributed by atoms with van der Waals surface area (Å²) in [5.41, 5.74) is 11.2. The van der Waals surface area contributed by atoms with Crippen LogP contribution in [0.1, 0.15) is 19.3 Å². The van der Waals surface area contributed by atoms with Gasteiger partial charge in [0, 0.05) is 19.1 Å². The van der Waals surface area contributed by atoms with Crippen LogP contribution in [0.15, 0.2) is 9.98 Å². The van der Waals surface area contributed by atoms with Crippen LogP contribution in [0.5, 0.6) is 0 Å². The van der Waals surface area contributed by atoms with Crippen molar-refractivity contribution in [1.29, 1.82) is 0 Å². The van der Waals surface area contributed by atoms with Crippen molar-refractivity contribution in [2.45, 2.75) is 25.3 Å². The maximum absolute atomic E-state index is 11.2. The van der Waals surface area contributed by atoms with Crippen LogP contribution < -0.4 is 11.5 Å². The highest BCUT2D eigenvalue weighted by molar-refractivity contribution is 6.12. The lowest BCUT2D eigenvalue weighted by atomic mass is 10.1. The molecule has 0 aliphatic carbocycles. The molecule has 0 aromatic carbocycles. The third kappa shape index (κ3) is 4.14. The third-order valence-electron chi connectivity index (χ3n) is 2.70. The van der Waals surface area contributed by atoms with Crippen molar-refractivity contribution in [3.05, 3.63) is 0 Å². The van der Waals surface area contributed by atoms with Crippen LogP contribution in [-0.2, 0) is 4.79 Å². The molecule has 1 fully saturated rings. The Morgan fingerprint density at radius 1 is 1.18 bits per heavy atom. The number of guanidine groups is 1. The molecule has 0 aromatic rings. The van der Waals surface area contributed by atoms with Gasteiger partial charge in [-0.2, -0.15) is 9.98 Å². The van der Waals surface area contributed by atoms with Crippen LogP contribution in [0, 0.1) is 0 Å². The number of amidine groups is 1. The molecule has 1 amide bonds. The fraction of sp³-hybridized carbons (Fsp3) is 0.667. The van der Waals surface area contributed by atoms with Crippen molar-refractivity contribution >= 4 is 42.5 Å². The van der Waals surface area contributed by atoms with E-state index < -0.39 is 0 Å². The molecule has 4 N–H and O–H groups in total. The van der Waals surface area contributed by atoms with Crippen molar-refractivity contribution in [1.82, 2.24) is 4.90 Å². The first-order valence-electron chi connectivity index (χ1n) is 5.10. The molecule has 0 saturated carbocycles. The molecule has 0 unspecified atom stereocenters. The van der Waals surface area contributed by atoms with Crippen molar-refractivity contribution < 1.29 is 4.79 Å². The topological polar surface area (TPSA) is 97.1 Å². The molecular formula is C9H17Cl2N5O. The largest absolute Gasteiger partial charge is 0.368 e. The summed E-state index contributed by atoms with van der Waals surface area (Å²) >= 11 is 0. The molecule has 0 bridgehead atoms. The lowest BCUT2D eigenvalue weighted by molar-refractivity contribution is -0.116. The highest BCUT2D eigenvalue weighted by Gasteiger charge is 2.23. The van der Waals surface area contributed by atoms with Gasteiger partial charge in [-0.3, -0.25) is 4.79 Å². The number of nitrogens with zero attached hydrogens (tertiary/aromatic N) is 3. The molecule has 2 rings (SSSR count). The summed E-state index contributed by atoms with van der Waals surface area (Å²) in [6.45, 7) is 1.70. The second-order valence-electron chi connectivity index (χ2n) is 3.89. The molecule has 0 radical (unpaired) electrons. The Balaban J connectivity index is 0.00000128. The second-order valence-corrected chi connectivity index (χ2v) is 3.89. The smallest absolute Gasteiger partial charge is 0.256 e. The number of halogens is 2. The molecule has 6 nitrogen and oxygen atoms in total. The summed E-state index contributed by atoms with van der Waals surface area (Å²) < 4.78 is 0. The Hall–Kier alpha value is -0.850. The molecule has 0 spiro atoms. The van der Waals surface area contributed by atoms with Gasteiger partial charge in [0.1, 0.15) is 5.84 Å². The normalized spacial score (nSPS) is 21.0. The van der Waals surface area contributed by atoms with Crippen molar-refractivity contribution in [3.8, 4) is 0 Å². The Morgan fingerprint density at radius 2 is 1.76 bits per heavy atom. The molecule has 98 valence electrons. The Bertz CT molecular complexity index is 336. The third-order valence-corrected chi connectivity index (χ3v) is 2.70. The standard InChI is InChI=1S/C9H15N5O.2ClH/c10-6-1-3-14(4-2-6)7-5-8(15)13-9(11)12-7;;/h6H,1-5,10H2,(H2,11,13,15);2*1H. The summed E-state index contributed by atoms with van der Waals surface area (Å²) in [4.78, 5) is 20.9. The lowest BCUT2D eigenvalue weighted by Crippen LogP contribution is -2.44. The maximum Gasteiger partial charge on any atom is 0.256 e. The van der Waals surface area contributed by atoms with Gasteiger partial charge in [-0.1, -0.05) is 0 Å². The highest BCUT2D eigenvalue weighted by atomic mass is 35.5. The van der Waals surface area contributed by atoms with E-state index in [-0.39, 0.29) is 49.1 Å². The van der Waals surface area contributed by atoms with E-state index >= 15 is 0 Å². The van der Waals surface area contributed by atoms with Crippen molar-refractivity contribution in [2.24, 2.45) is 21.5 Å². The molecule has 2 aliphatic rings. The summed E-state index contributed by atoms with van der Waals surface area (Å²) in [6, 6.07) is 0.271. The van der Waals surface area contributed by atoms with Crippen LogP contribution in [0.2, 0.25) is 0 Å². The number of rotatable bonds is 0. The quantitative estimate of drug-likeness (QED) is 0.648. The molecule has 8 heteroatoms. The minimum absolute atomic E-state index is 0. The van der Waals surface area contributed by atoms with Crippen molar-refractivity contribution in [2.75, 3.05) is 13.1 Å². The monoisotopic (exact) mass is 281 g/mol. The van der Waals surface area contributed by atoms with E-state index in [0.717, 1.165) is 31.8 Å². The zero-order valence-corrected chi connectivity index (χ0v) is 11.0. The number of hydrogen-bond donors (Lipinski definition) is 2. The van der Waals surface area contributed by atoms with Gasteiger partial charge in [0.25, 0.3) is 5.91 Å². The molecule has 0 aromatic heterocycles. The van der Waals surface area contributed by atoms with E-state index in [9.17, 15) is 4.79 Å². The predicted molar refractivity (Wildman–Crippen MR) is 72.0 cm³/mol. The van der Waals surface area contributed by atoms with Gasteiger partial charge < -0.3 is 16.4 Å². The second kappa shape index (κ2) is 6.78. The summed E-state index contributed by atoms with van der Waals surface area (Å²) in [7, 11) is 0.